The second kappa shape index (κ2) is 11.6. The summed E-state index contributed by atoms with van der Waals surface area (Å²) in [5, 5.41) is 12.7. The van der Waals surface area contributed by atoms with Gasteiger partial charge in [0.05, 0.1) is 10.0 Å². The molecular weight excluding hydrogens is 495 g/mol. The van der Waals surface area contributed by atoms with Crippen LogP contribution in [0.25, 0.3) is 11.1 Å². The van der Waals surface area contributed by atoms with Crippen LogP contribution in [0.4, 0.5) is 0 Å². The normalized spacial score (nSPS) is 11.5. The van der Waals surface area contributed by atoms with Gasteiger partial charge in [-0.2, -0.15) is 0 Å². The molecule has 0 atom stereocenters. The van der Waals surface area contributed by atoms with Crippen LogP contribution in [-0.4, -0.2) is 23.0 Å². The Balaban J connectivity index is 2.07. The minimum atomic E-state index is -0.532. The first-order chi connectivity index (χ1) is 16.3. The van der Waals surface area contributed by atoms with Gasteiger partial charge in [-0.05, 0) is 42.7 Å². The number of hydrogen-bond acceptors (Lipinski definition) is 4. The number of aromatic hydroxyl groups is 1. The second-order valence-electron chi connectivity index (χ2n) is 7.70. The van der Waals surface area contributed by atoms with Crippen LogP contribution in [0.15, 0.2) is 64.6 Å². The molecule has 0 aliphatic carbocycles. The number of aromatic nitrogens is 1. The van der Waals surface area contributed by atoms with E-state index in [0.29, 0.717) is 50.5 Å². The molecule has 5 nitrogen and oxygen atoms in total. The maximum absolute atomic E-state index is 13.1. The molecule has 0 fully saturated rings. The van der Waals surface area contributed by atoms with Crippen molar-refractivity contribution in [2.24, 2.45) is 4.99 Å². The van der Waals surface area contributed by atoms with E-state index in [1.165, 1.54) is 7.05 Å². The molecule has 3 rings (SSSR count). The van der Waals surface area contributed by atoms with Crippen molar-refractivity contribution < 1.29 is 9.84 Å². The fourth-order valence-corrected chi connectivity index (χ4v) is 4.31. The number of H-pyrrole nitrogens is 1. The molecule has 0 spiro atoms. The topological polar surface area (TPSA) is 74.7 Å². The van der Waals surface area contributed by atoms with Gasteiger partial charge < -0.3 is 14.8 Å². The molecule has 0 radical (unpaired) electrons. The highest BCUT2D eigenvalue weighted by Crippen LogP contribution is 2.42. The van der Waals surface area contributed by atoms with Gasteiger partial charge in [0, 0.05) is 35.3 Å². The fraction of sp³-hybridized carbons (Fsp3) is 0.231. The average Bonchev–Trinajstić information content (AvgIpc) is 2.79. The highest BCUT2D eigenvalue weighted by Gasteiger charge is 2.26. The van der Waals surface area contributed by atoms with Crippen molar-refractivity contribution in [3.8, 4) is 16.9 Å². The summed E-state index contributed by atoms with van der Waals surface area (Å²) in [6.07, 6.45) is 2.59. The zero-order chi connectivity index (χ0) is 24.8. The molecule has 34 heavy (non-hydrogen) atoms. The monoisotopic (exact) mass is 518 g/mol. The van der Waals surface area contributed by atoms with Gasteiger partial charge in [0.15, 0.2) is 0 Å². The van der Waals surface area contributed by atoms with Crippen LogP contribution in [-0.2, 0) is 17.6 Å². The molecule has 178 valence electrons. The molecule has 1 heterocycles. The Morgan fingerprint density at radius 1 is 1.09 bits per heavy atom. The first-order valence-electron chi connectivity index (χ1n) is 10.8. The molecule has 8 heteroatoms. The highest BCUT2D eigenvalue weighted by molar-refractivity contribution is 6.39. The smallest absolute Gasteiger partial charge is 0.264 e. The van der Waals surface area contributed by atoms with Gasteiger partial charge >= 0.3 is 0 Å². The van der Waals surface area contributed by atoms with Crippen LogP contribution in [0.5, 0.6) is 5.75 Å². The summed E-state index contributed by atoms with van der Waals surface area (Å²) >= 11 is 18.9. The molecule has 1 aromatic heterocycles. The number of halogens is 3. The van der Waals surface area contributed by atoms with Gasteiger partial charge in [-0.1, -0.05) is 72.9 Å². The van der Waals surface area contributed by atoms with Crippen molar-refractivity contribution in [3.63, 3.8) is 0 Å². The van der Waals surface area contributed by atoms with Gasteiger partial charge in [-0.15, -0.1) is 0 Å². The Kier molecular flexibility index (Phi) is 8.84. The molecule has 2 aromatic carbocycles. The molecule has 0 amide bonds. The van der Waals surface area contributed by atoms with E-state index in [9.17, 15) is 9.90 Å². The number of hydrogen-bond donors (Lipinski definition) is 2. The number of aliphatic imine (C=N–C) groups is 1. The third-order valence-corrected chi connectivity index (χ3v) is 6.11. The first-order valence-corrected chi connectivity index (χ1v) is 11.9. The molecule has 2 N–H and O–H groups in total. The Morgan fingerprint density at radius 3 is 2.32 bits per heavy atom. The van der Waals surface area contributed by atoms with E-state index in [2.05, 4.69) is 16.6 Å². The summed E-state index contributed by atoms with van der Waals surface area (Å²) in [5.41, 5.74) is 1.59. The first kappa shape index (κ1) is 25.9. The van der Waals surface area contributed by atoms with Crippen molar-refractivity contribution in [2.45, 2.75) is 32.6 Å². The van der Waals surface area contributed by atoms with Crippen molar-refractivity contribution in [3.05, 3.63) is 97.0 Å². The summed E-state index contributed by atoms with van der Waals surface area (Å²) in [7, 11) is 1.47. The molecule has 0 bridgehead atoms. The van der Waals surface area contributed by atoms with E-state index >= 15 is 0 Å². The number of nitrogens with zero attached hydrogens (tertiary/aromatic N) is 1. The van der Waals surface area contributed by atoms with E-state index in [1.807, 2.05) is 19.1 Å². The summed E-state index contributed by atoms with van der Waals surface area (Å²) in [5.74, 6) is -0.0250. The Hall–Kier alpha value is -2.73. The Morgan fingerprint density at radius 2 is 1.74 bits per heavy atom. The maximum atomic E-state index is 13.1. The van der Waals surface area contributed by atoms with Crippen molar-refractivity contribution in [2.75, 3.05) is 7.05 Å². The van der Waals surface area contributed by atoms with Gasteiger partial charge in [0.25, 0.3) is 5.56 Å². The quantitative estimate of drug-likeness (QED) is 0.188. The highest BCUT2D eigenvalue weighted by atomic mass is 35.5. The average molecular weight is 520 g/mol. The van der Waals surface area contributed by atoms with Crippen LogP contribution in [0, 0.1) is 0 Å². The summed E-state index contributed by atoms with van der Waals surface area (Å²) in [6, 6.07) is 12.3. The van der Waals surface area contributed by atoms with Crippen molar-refractivity contribution >= 4 is 40.7 Å². The summed E-state index contributed by atoms with van der Waals surface area (Å²) in [6.45, 7) is 5.98. The predicted octanol–water partition coefficient (Wildman–Crippen LogP) is 7.20. The Bertz CT molecular complexity index is 1260. The zero-order valence-electron chi connectivity index (χ0n) is 18.9. The van der Waals surface area contributed by atoms with Crippen molar-refractivity contribution in [1.82, 2.24) is 4.98 Å². The zero-order valence-corrected chi connectivity index (χ0v) is 21.2. The van der Waals surface area contributed by atoms with E-state index in [4.69, 9.17) is 39.5 Å². The number of aromatic amines is 1. The third kappa shape index (κ3) is 5.84. The van der Waals surface area contributed by atoms with Crippen LogP contribution in [0.1, 0.15) is 36.6 Å². The van der Waals surface area contributed by atoms with Crippen LogP contribution < -0.4 is 5.56 Å². The lowest BCUT2D eigenvalue weighted by Crippen LogP contribution is -2.23. The van der Waals surface area contributed by atoms with Crippen LogP contribution in [0.2, 0.25) is 15.1 Å². The molecular formula is C26H25Cl3N2O3. The molecule has 0 unspecified atom stereocenters. The molecule has 0 saturated carbocycles. The lowest BCUT2D eigenvalue weighted by Gasteiger charge is -2.18. The molecule has 0 aliphatic rings. The van der Waals surface area contributed by atoms with E-state index < -0.39 is 5.56 Å². The van der Waals surface area contributed by atoms with E-state index in [-0.39, 0.29) is 17.2 Å². The summed E-state index contributed by atoms with van der Waals surface area (Å²) in [4.78, 5) is 20.1. The largest absolute Gasteiger partial charge is 0.506 e. The predicted molar refractivity (Wildman–Crippen MR) is 141 cm³/mol. The van der Waals surface area contributed by atoms with Gasteiger partial charge in [-0.25, -0.2) is 0 Å². The van der Waals surface area contributed by atoms with Crippen molar-refractivity contribution in [1.29, 1.82) is 0 Å². The number of rotatable bonds is 8. The molecule has 0 aliphatic heterocycles. The number of allylic oxidation sites excluding steroid dienone is 1. The number of unbranched alkanes of at least 4 members (excludes halogenated alkanes) is 1. The van der Waals surface area contributed by atoms with E-state index in [1.54, 1.807) is 30.3 Å². The number of benzene rings is 2. The summed E-state index contributed by atoms with van der Waals surface area (Å²) < 4.78 is 5.83. The number of nitrogens with one attached hydrogen (secondary N) is 1. The maximum Gasteiger partial charge on any atom is 0.264 e. The number of ether oxygens (including phenoxy) is 1. The minimum absolute atomic E-state index is 0.0656. The minimum Gasteiger partial charge on any atom is -0.506 e. The molecule has 0 saturated heterocycles. The standard InChI is InChI=1S/C26H25Cl3N2O3/c1-4-5-9-20-22(21-18(28)7-6-8-19(21)29)24(32)23(25(33)31-20)26(30-3)34-15(2)14-16-10-12-17(27)13-11-16/h6-8,10-13H,2,4-5,9,14H2,1,3H3,(H2,31,32,33). The Labute approximate surface area is 213 Å². The van der Waals surface area contributed by atoms with Crippen LogP contribution >= 0.6 is 34.8 Å². The lowest BCUT2D eigenvalue weighted by atomic mass is 9.97. The van der Waals surface area contributed by atoms with Gasteiger partial charge in [0.1, 0.15) is 17.1 Å². The SMILES string of the molecule is C=C(Cc1ccc(Cl)cc1)OC(=NC)c1c(O)c(-c2c(Cl)cccc2Cl)c(CCCC)[nH]c1=O. The molecule has 3 aromatic rings. The third-order valence-electron chi connectivity index (χ3n) is 5.23. The number of pyridine rings is 1. The van der Waals surface area contributed by atoms with Gasteiger partial charge in [0.2, 0.25) is 5.90 Å². The number of aryl methyl sites for hydroxylation is 1. The lowest BCUT2D eigenvalue weighted by molar-refractivity contribution is 0.400. The second-order valence-corrected chi connectivity index (χ2v) is 8.96. The van der Waals surface area contributed by atoms with Gasteiger partial charge in [-0.3, -0.25) is 9.79 Å². The van der Waals surface area contributed by atoms with Crippen LogP contribution in [0.3, 0.4) is 0 Å². The van der Waals surface area contributed by atoms with E-state index in [0.717, 1.165) is 18.4 Å². The fourth-order valence-electron chi connectivity index (χ4n) is 3.59.